The summed E-state index contributed by atoms with van der Waals surface area (Å²) in [6.45, 7) is -0.691. The van der Waals surface area contributed by atoms with Crippen LogP contribution in [0.4, 0.5) is 14.5 Å². The first-order valence-corrected chi connectivity index (χ1v) is 8.29. The molecule has 0 aliphatic carbocycles. The number of anilines is 1. The highest BCUT2D eigenvalue weighted by molar-refractivity contribution is 6.40. The van der Waals surface area contributed by atoms with Gasteiger partial charge < -0.3 is 15.0 Å². The molecule has 0 bridgehead atoms. The van der Waals surface area contributed by atoms with Gasteiger partial charge in [-0.15, -0.1) is 0 Å². The molecule has 6 nitrogen and oxygen atoms in total. The summed E-state index contributed by atoms with van der Waals surface area (Å²) in [5, 5.41) is 11.8. The van der Waals surface area contributed by atoms with E-state index in [4.69, 9.17) is 28.3 Å². The summed E-state index contributed by atoms with van der Waals surface area (Å²) in [7, 11) is 0. The zero-order valence-electron chi connectivity index (χ0n) is 13.4. The van der Waals surface area contributed by atoms with Gasteiger partial charge in [0.25, 0.3) is 12.3 Å². The van der Waals surface area contributed by atoms with Crippen molar-refractivity contribution in [3.05, 3.63) is 57.8 Å². The number of hydrogen-bond acceptors (Lipinski definition) is 3. The third-order valence-electron chi connectivity index (χ3n) is 3.74. The number of para-hydroxylation sites is 1. The second kappa shape index (κ2) is 7.50. The van der Waals surface area contributed by atoms with E-state index in [0.717, 1.165) is 4.57 Å². The lowest BCUT2D eigenvalue weighted by molar-refractivity contribution is -0.137. The molecule has 0 aliphatic heterocycles. The number of imidazole rings is 1. The molecule has 10 heteroatoms. The fraction of sp³-hybridized carbons (Fsp3) is 0.118. The Labute approximate surface area is 161 Å². The van der Waals surface area contributed by atoms with Crippen LogP contribution in [0.5, 0.6) is 0 Å². The van der Waals surface area contributed by atoms with E-state index in [1.54, 1.807) is 6.07 Å². The second-order valence-electron chi connectivity index (χ2n) is 5.47. The monoisotopic (exact) mass is 413 g/mol. The fourth-order valence-corrected chi connectivity index (χ4v) is 3.20. The number of carboxylic acid groups (broad SMARTS) is 1. The Morgan fingerprint density at radius 1 is 1.15 bits per heavy atom. The maximum atomic E-state index is 13.3. The van der Waals surface area contributed by atoms with Crippen LogP contribution in [0.3, 0.4) is 0 Å². The molecule has 1 aromatic heterocycles. The van der Waals surface area contributed by atoms with E-state index in [1.807, 2.05) is 0 Å². The molecule has 0 saturated carbocycles. The molecular weight excluding hydrogens is 403 g/mol. The smallest absolute Gasteiger partial charge is 0.323 e. The lowest BCUT2D eigenvalue weighted by atomic mass is 10.2. The minimum atomic E-state index is -2.99. The lowest BCUT2D eigenvalue weighted by Crippen LogP contribution is -2.13. The number of benzene rings is 2. The van der Waals surface area contributed by atoms with Crippen LogP contribution in [0, 0.1) is 0 Å². The number of aliphatic carboxylic acids is 1. The summed E-state index contributed by atoms with van der Waals surface area (Å²) in [5.41, 5.74) is 0.331. The van der Waals surface area contributed by atoms with Crippen molar-refractivity contribution >= 4 is 51.8 Å². The van der Waals surface area contributed by atoms with Crippen LogP contribution in [0.2, 0.25) is 10.0 Å². The molecule has 140 valence electrons. The van der Waals surface area contributed by atoms with Gasteiger partial charge in [0.2, 0.25) is 0 Å². The van der Waals surface area contributed by atoms with Gasteiger partial charge >= 0.3 is 5.97 Å². The van der Waals surface area contributed by atoms with Crippen molar-refractivity contribution in [3.63, 3.8) is 0 Å². The normalized spacial score (nSPS) is 11.1. The first kappa shape index (κ1) is 19.1. The highest BCUT2D eigenvalue weighted by atomic mass is 35.5. The van der Waals surface area contributed by atoms with Crippen LogP contribution in [0.15, 0.2) is 36.4 Å². The molecule has 1 heterocycles. The summed E-state index contributed by atoms with van der Waals surface area (Å²) >= 11 is 12.0. The Hall–Kier alpha value is -2.71. The van der Waals surface area contributed by atoms with Crippen molar-refractivity contribution in [1.29, 1.82) is 0 Å². The van der Waals surface area contributed by atoms with E-state index in [2.05, 4.69) is 10.3 Å². The molecular formula is C17H11Cl2F2N3O3. The average Bonchev–Trinajstić information content (AvgIpc) is 2.94. The molecule has 3 rings (SSSR count). The van der Waals surface area contributed by atoms with Crippen molar-refractivity contribution in [2.75, 3.05) is 5.32 Å². The molecule has 27 heavy (non-hydrogen) atoms. The summed E-state index contributed by atoms with van der Waals surface area (Å²) in [5.74, 6) is -2.65. The third-order valence-corrected chi connectivity index (χ3v) is 4.36. The molecule has 2 N–H and O–H groups in total. The third kappa shape index (κ3) is 3.72. The fourth-order valence-electron chi connectivity index (χ4n) is 2.63. The van der Waals surface area contributed by atoms with Gasteiger partial charge in [0.05, 0.1) is 26.8 Å². The van der Waals surface area contributed by atoms with Crippen molar-refractivity contribution < 1.29 is 23.5 Å². The average molecular weight is 414 g/mol. The number of rotatable bonds is 5. The van der Waals surface area contributed by atoms with Crippen molar-refractivity contribution in [1.82, 2.24) is 9.55 Å². The molecule has 0 aliphatic rings. The van der Waals surface area contributed by atoms with Gasteiger partial charge in [0, 0.05) is 0 Å². The first-order chi connectivity index (χ1) is 12.8. The quantitative estimate of drug-likeness (QED) is 0.639. The molecule has 3 aromatic rings. The second-order valence-corrected chi connectivity index (χ2v) is 6.29. The van der Waals surface area contributed by atoms with Crippen LogP contribution in [0.25, 0.3) is 11.0 Å². The Morgan fingerprint density at radius 2 is 1.78 bits per heavy atom. The maximum absolute atomic E-state index is 13.3. The van der Waals surface area contributed by atoms with E-state index in [9.17, 15) is 18.4 Å². The number of carbonyl (C=O) groups excluding carboxylic acids is 1. The Morgan fingerprint density at radius 3 is 2.37 bits per heavy atom. The first-order valence-electron chi connectivity index (χ1n) is 7.54. The number of carbonyl (C=O) groups is 2. The van der Waals surface area contributed by atoms with E-state index in [-0.39, 0.29) is 32.3 Å². The molecule has 0 spiro atoms. The highest BCUT2D eigenvalue weighted by Gasteiger charge is 2.23. The maximum Gasteiger partial charge on any atom is 0.323 e. The number of nitrogens with zero attached hydrogens (tertiary/aromatic N) is 2. The van der Waals surface area contributed by atoms with E-state index in [1.165, 1.54) is 30.3 Å². The Kier molecular flexibility index (Phi) is 5.29. The number of halogens is 4. The van der Waals surface area contributed by atoms with E-state index >= 15 is 0 Å². The van der Waals surface area contributed by atoms with Crippen LogP contribution >= 0.6 is 23.2 Å². The van der Waals surface area contributed by atoms with Crippen molar-refractivity contribution in [2.45, 2.75) is 13.0 Å². The molecule has 0 atom stereocenters. The number of nitrogens with one attached hydrogen (secondary N) is 1. The highest BCUT2D eigenvalue weighted by Crippen LogP contribution is 2.30. The number of fused-ring (bicyclic) bond motifs is 1. The molecule has 0 unspecified atom stereocenters. The van der Waals surface area contributed by atoms with Gasteiger partial charge in [-0.3, -0.25) is 9.59 Å². The summed E-state index contributed by atoms with van der Waals surface area (Å²) in [4.78, 5) is 27.4. The Bertz CT molecular complexity index is 1030. The van der Waals surface area contributed by atoms with E-state index < -0.39 is 30.7 Å². The molecule has 0 radical (unpaired) electrons. The van der Waals surface area contributed by atoms with Crippen LogP contribution in [-0.2, 0) is 11.3 Å². The Balaban J connectivity index is 2.08. The van der Waals surface area contributed by atoms with Crippen LogP contribution in [0.1, 0.15) is 22.6 Å². The number of carboxylic acids is 1. The summed E-state index contributed by atoms with van der Waals surface area (Å²) in [6, 6.07) is 8.93. The van der Waals surface area contributed by atoms with Gasteiger partial charge in [-0.25, -0.2) is 13.8 Å². The van der Waals surface area contributed by atoms with Gasteiger partial charge in [-0.1, -0.05) is 35.3 Å². The number of amides is 1. The van der Waals surface area contributed by atoms with Crippen LogP contribution in [-0.4, -0.2) is 26.5 Å². The van der Waals surface area contributed by atoms with Crippen molar-refractivity contribution in [3.8, 4) is 0 Å². The van der Waals surface area contributed by atoms with Gasteiger partial charge in [0.1, 0.15) is 12.1 Å². The molecule has 0 fully saturated rings. The van der Waals surface area contributed by atoms with E-state index in [0.29, 0.717) is 0 Å². The zero-order chi connectivity index (χ0) is 19.7. The summed E-state index contributed by atoms with van der Waals surface area (Å²) in [6.07, 6.45) is -2.99. The lowest BCUT2D eigenvalue weighted by Gasteiger charge is -2.09. The minimum absolute atomic E-state index is 0.0249. The predicted molar refractivity (Wildman–Crippen MR) is 96.7 cm³/mol. The van der Waals surface area contributed by atoms with Crippen LogP contribution < -0.4 is 5.32 Å². The standard InChI is InChI=1S/C17H11Cl2F2N3O3/c18-8-3-1-4-9(19)13(8)17(27)22-10-5-2-6-11-14(10)23-16(15(20)21)24(11)7-12(25)26/h1-6,15H,7H2,(H,22,27)(H,25,26). The van der Waals surface area contributed by atoms with Gasteiger partial charge in [-0.2, -0.15) is 0 Å². The van der Waals surface area contributed by atoms with Gasteiger partial charge in [0.15, 0.2) is 5.82 Å². The molecule has 0 saturated heterocycles. The number of aromatic nitrogens is 2. The molecule has 1 amide bonds. The van der Waals surface area contributed by atoms with Gasteiger partial charge in [-0.05, 0) is 24.3 Å². The SMILES string of the molecule is O=C(O)Cn1c(C(F)F)nc2c(NC(=O)c3c(Cl)cccc3Cl)cccc21. The molecule has 2 aromatic carbocycles. The van der Waals surface area contributed by atoms with Crippen molar-refractivity contribution in [2.24, 2.45) is 0 Å². The predicted octanol–water partition coefficient (Wildman–Crippen LogP) is 4.62. The minimum Gasteiger partial charge on any atom is -0.480 e. The number of hydrogen-bond donors (Lipinski definition) is 2. The topological polar surface area (TPSA) is 84.2 Å². The zero-order valence-corrected chi connectivity index (χ0v) is 14.9. The largest absolute Gasteiger partial charge is 0.480 e. The summed E-state index contributed by atoms with van der Waals surface area (Å²) < 4.78 is 27.5. The number of alkyl halides is 2.